The maximum Gasteiger partial charge on any atom is 0.335 e. The number of hydrogen-bond donors (Lipinski definition) is 2. The number of anilines is 2. The minimum Gasteiger partial charge on any atom is -0.478 e. The van der Waals surface area contributed by atoms with E-state index < -0.39 is 5.97 Å². The third-order valence-electron chi connectivity index (χ3n) is 2.92. The summed E-state index contributed by atoms with van der Waals surface area (Å²) in [7, 11) is 0. The molecule has 0 aliphatic rings. The van der Waals surface area contributed by atoms with Gasteiger partial charge in [-0.3, -0.25) is 0 Å². The van der Waals surface area contributed by atoms with Crippen molar-refractivity contribution in [3.05, 3.63) is 58.9 Å². The highest BCUT2D eigenvalue weighted by atomic mass is 19.1. The maximum atomic E-state index is 13.0. The van der Waals surface area contributed by atoms with Crippen LogP contribution in [0.2, 0.25) is 0 Å². The van der Waals surface area contributed by atoms with Gasteiger partial charge in [-0.2, -0.15) is 0 Å². The summed E-state index contributed by atoms with van der Waals surface area (Å²) in [5.41, 5.74) is 3.32. The van der Waals surface area contributed by atoms with Crippen LogP contribution in [-0.4, -0.2) is 11.1 Å². The zero-order valence-electron chi connectivity index (χ0n) is 10.7. The Morgan fingerprint density at radius 3 is 2.42 bits per heavy atom. The van der Waals surface area contributed by atoms with Crippen LogP contribution in [0.3, 0.4) is 0 Å². The third-order valence-corrected chi connectivity index (χ3v) is 2.92. The van der Waals surface area contributed by atoms with Crippen molar-refractivity contribution in [2.45, 2.75) is 13.8 Å². The van der Waals surface area contributed by atoms with Crippen LogP contribution in [-0.2, 0) is 0 Å². The quantitative estimate of drug-likeness (QED) is 0.879. The van der Waals surface area contributed by atoms with Crippen molar-refractivity contribution in [1.29, 1.82) is 0 Å². The summed E-state index contributed by atoms with van der Waals surface area (Å²) < 4.78 is 13.0. The highest BCUT2D eigenvalue weighted by Crippen LogP contribution is 2.23. The van der Waals surface area contributed by atoms with Gasteiger partial charge in [0.15, 0.2) is 0 Å². The Labute approximate surface area is 110 Å². The molecule has 0 radical (unpaired) electrons. The average Bonchev–Trinajstić information content (AvgIpc) is 2.32. The molecule has 0 aliphatic heterocycles. The number of carboxylic acids is 1. The van der Waals surface area contributed by atoms with E-state index in [9.17, 15) is 9.18 Å². The largest absolute Gasteiger partial charge is 0.478 e. The number of benzene rings is 2. The van der Waals surface area contributed by atoms with E-state index in [-0.39, 0.29) is 11.4 Å². The molecule has 19 heavy (non-hydrogen) atoms. The number of carboxylic acid groups (broad SMARTS) is 1. The lowest BCUT2D eigenvalue weighted by atomic mass is 10.1. The van der Waals surface area contributed by atoms with Gasteiger partial charge in [0, 0.05) is 11.4 Å². The minimum absolute atomic E-state index is 0.277. The van der Waals surface area contributed by atoms with Crippen molar-refractivity contribution >= 4 is 17.3 Å². The topological polar surface area (TPSA) is 49.3 Å². The molecule has 0 saturated carbocycles. The van der Waals surface area contributed by atoms with Gasteiger partial charge in [-0.05, 0) is 61.4 Å². The Morgan fingerprint density at radius 1 is 1.11 bits per heavy atom. The molecule has 0 unspecified atom stereocenters. The fourth-order valence-corrected chi connectivity index (χ4v) is 1.90. The first kappa shape index (κ1) is 13.1. The lowest BCUT2D eigenvalue weighted by molar-refractivity contribution is 0.0696. The van der Waals surface area contributed by atoms with E-state index in [0.29, 0.717) is 5.56 Å². The van der Waals surface area contributed by atoms with Gasteiger partial charge in [0.2, 0.25) is 0 Å². The second-order valence-corrected chi connectivity index (χ2v) is 4.42. The van der Waals surface area contributed by atoms with Gasteiger partial charge in [-0.15, -0.1) is 0 Å². The summed E-state index contributed by atoms with van der Waals surface area (Å²) in [6, 6.07) is 9.49. The standard InChI is InChI=1S/C15H14FNO2/c1-9-8-12(4-5-13(9)15(18)19)17-14-6-3-11(16)7-10(14)2/h3-8,17H,1-2H3,(H,18,19). The summed E-state index contributed by atoms with van der Waals surface area (Å²) in [4.78, 5) is 10.9. The average molecular weight is 259 g/mol. The summed E-state index contributed by atoms with van der Waals surface area (Å²) in [6.07, 6.45) is 0. The van der Waals surface area contributed by atoms with Crippen LogP contribution in [0.1, 0.15) is 21.5 Å². The Kier molecular flexibility index (Phi) is 3.51. The maximum absolute atomic E-state index is 13.0. The molecule has 2 aromatic carbocycles. The molecule has 0 bridgehead atoms. The van der Waals surface area contributed by atoms with E-state index in [2.05, 4.69) is 5.32 Å². The summed E-state index contributed by atoms with van der Waals surface area (Å²) in [5, 5.41) is 12.1. The number of nitrogens with one attached hydrogen (secondary N) is 1. The number of aryl methyl sites for hydroxylation is 2. The lowest BCUT2D eigenvalue weighted by Gasteiger charge is -2.11. The zero-order valence-corrected chi connectivity index (χ0v) is 10.7. The van der Waals surface area contributed by atoms with E-state index in [1.165, 1.54) is 12.1 Å². The van der Waals surface area contributed by atoms with Crippen molar-refractivity contribution in [2.24, 2.45) is 0 Å². The molecule has 0 aromatic heterocycles. The molecule has 0 spiro atoms. The lowest BCUT2D eigenvalue weighted by Crippen LogP contribution is -2.01. The van der Waals surface area contributed by atoms with E-state index in [1.54, 1.807) is 31.2 Å². The molecular weight excluding hydrogens is 245 g/mol. The molecule has 0 saturated heterocycles. The molecule has 2 N–H and O–H groups in total. The van der Waals surface area contributed by atoms with Crippen LogP contribution in [0, 0.1) is 19.7 Å². The molecule has 2 aromatic rings. The fourth-order valence-electron chi connectivity index (χ4n) is 1.90. The highest BCUT2D eigenvalue weighted by Gasteiger charge is 2.07. The van der Waals surface area contributed by atoms with Crippen LogP contribution in [0.25, 0.3) is 0 Å². The second-order valence-electron chi connectivity index (χ2n) is 4.42. The van der Waals surface area contributed by atoms with E-state index in [0.717, 1.165) is 16.9 Å². The summed E-state index contributed by atoms with van der Waals surface area (Å²) in [5.74, 6) is -1.22. The Bertz CT molecular complexity index is 638. The fraction of sp³-hybridized carbons (Fsp3) is 0.133. The molecule has 0 aliphatic carbocycles. The van der Waals surface area contributed by atoms with Crippen LogP contribution in [0.5, 0.6) is 0 Å². The van der Waals surface area contributed by atoms with Crippen LogP contribution >= 0.6 is 0 Å². The normalized spacial score (nSPS) is 10.3. The van der Waals surface area contributed by atoms with Gasteiger partial charge >= 0.3 is 5.97 Å². The predicted molar refractivity (Wildman–Crippen MR) is 72.6 cm³/mol. The van der Waals surface area contributed by atoms with Gasteiger partial charge in [0.25, 0.3) is 0 Å². The van der Waals surface area contributed by atoms with Crippen LogP contribution < -0.4 is 5.32 Å². The van der Waals surface area contributed by atoms with Gasteiger partial charge in [0.1, 0.15) is 5.82 Å². The van der Waals surface area contributed by atoms with Crippen molar-refractivity contribution in [1.82, 2.24) is 0 Å². The van der Waals surface area contributed by atoms with Crippen LogP contribution in [0.15, 0.2) is 36.4 Å². The number of hydrogen-bond acceptors (Lipinski definition) is 2. The summed E-state index contributed by atoms with van der Waals surface area (Å²) in [6.45, 7) is 3.55. The highest BCUT2D eigenvalue weighted by molar-refractivity contribution is 5.90. The molecule has 0 heterocycles. The molecule has 0 atom stereocenters. The summed E-state index contributed by atoms with van der Waals surface area (Å²) >= 11 is 0. The Morgan fingerprint density at radius 2 is 1.84 bits per heavy atom. The molecule has 3 nitrogen and oxygen atoms in total. The van der Waals surface area contributed by atoms with Crippen molar-refractivity contribution in [3.8, 4) is 0 Å². The number of rotatable bonds is 3. The number of halogens is 1. The minimum atomic E-state index is -0.943. The van der Waals surface area contributed by atoms with E-state index in [1.807, 2.05) is 6.92 Å². The van der Waals surface area contributed by atoms with Gasteiger partial charge < -0.3 is 10.4 Å². The molecule has 2 rings (SSSR count). The number of aromatic carboxylic acids is 1. The molecule has 4 heteroatoms. The monoisotopic (exact) mass is 259 g/mol. The van der Waals surface area contributed by atoms with Crippen molar-refractivity contribution in [2.75, 3.05) is 5.32 Å². The first-order valence-corrected chi connectivity index (χ1v) is 5.84. The first-order chi connectivity index (χ1) is 8.97. The molecular formula is C15H14FNO2. The Balaban J connectivity index is 2.29. The SMILES string of the molecule is Cc1cc(F)ccc1Nc1ccc(C(=O)O)c(C)c1. The predicted octanol–water partition coefficient (Wildman–Crippen LogP) is 3.88. The molecule has 0 amide bonds. The van der Waals surface area contributed by atoms with Gasteiger partial charge in [0.05, 0.1) is 5.56 Å². The zero-order chi connectivity index (χ0) is 14.0. The first-order valence-electron chi connectivity index (χ1n) is 5.84. The van der Waals surface area contributed by atoms with Gasteiger partial charge in [-0.1, -0.05) is 0 Å². The van der Waals surface area contributed by atoms with E-state index >= 15 is 0 Å². The smallest absolute Gasteiger partial charge is 0.335 e. The van der Waals surface area contributed by atoms with Crippen molar-refractivity contribution < 1.29 is 14.3 Å². The Hall–Kier alpha value is -2.36. The number of carbonyl (C=O) groups is 1. The van der Waals surface area contributed by atoms with Gasteiger partial charge in [-0.25, -0.2) is 9.18 Å². The third kappa shape index (κ3) is 2.91. The molecule has 0 fully saturated rings. The van der Waals surface area contributed by atoms with Crippen LogP contribution in [0.4, 0.5) is 15.8 Å². The van der Waals surface area contributed by atoms with E-state index in [4.69, 9.17) is 5.11 Å². The van der Waals surface area contributed by atoms with Crippen molar-refractivity contribution in [3.63, 3.8) is 0 Å². The molecule has 98 valence electrons. The second kappa shape index (κ2) is 5.10.